The first kappa shape index (κ1) is 11.7. The predicted octanol–water partition coefficient (Wildman–Crippen LogP) is 2.88. The second kappa shape index (κ2) is 3.80. The molecule has 0 radical (unpaired) electrons. The van der Waals surface area contributed by atoms with Gasteiger partial charge < -0.3 is 0 Å². The first-order valence-corrected chi connectivity index (χ1v) is 7.44. The lowest BCUT2D eigenvalue weighted by Gasteiger charge is -2.14. The number of rotatable bonds is 1. The van der Waals surface area contributed by atoms with E-state index in [2.05, 4.69) is 0 Å². The summed E-state index contributed by atoms with van der Waals surface area (Å²) in [6, 6.07) is 7.38. The maximum absolute atomic E-state index is 11.7. The average molecular weight is 262 g/mol. The van der Waals surface area contributed by atoms with E-state index in [0.29, 0.717) is 5.39 Å². The summed E-state index contributed by atoms with van der Waals surface area (Å²) in [6.07, 6.45) is 2.58. The fraction of sp³-hybridized carbons (Fsp3) is 0.286. The molecule has 4 heteroatoms. The lowest BCUT2D eigenvalue weighted by atomic mass is 9.96. The van der Waals surface area contributed by atoms with Crippen LogP contribution in [-0.4, -0.2) is 13.0 Å². The number of fused-ring (bicyclic) bond motifs is 2. The molecule has 1 aliphatic carbocycles. The van der Waals surface area contributed by atoms with E-state index >= 15 is 0 Å². The van der Waals surface area contributed by atoms with Gasteiger partial charge in [0.15, 0.2) is 0 Å². The van der Waals surface area contributed by atoms with E-state index in [0.717, 1.165) is 41.3 Å². The van der Waals surface area contributed by atoms with Gasteiger partial charge in [-0.3, -0.25) is 4.55 Å². The first-order valence-electron chi connectivity index (χ1n) is 6.00. The molecular weight excluding hydrogens is 248 g/mol. The number of hydrogen-bond acceptors (Lipinski definition) is 2. The highest BCUT2D eigenvalue weighted by Gasteiger charge is 2.26. The van der Waals surface area contributed by atoms with E-state index in [-0.39, 0.29) is 4.90 Å². The van der Waals surface area contributed by atoms with Crippen molar-refractivity contribution in [2.75, 3.05) is 0 Å². The minimum absolute atomic E-state index is 0.121. The normalized spacial score (nSPS) is 15.0. The minimum Gasteiger partial charge on any atom is -0.282 e. The largest absolute Gasteiger partial charge is 0.295 e. The molecular formula is C14H14O3S. The second-order valence-corrected chi connectivity index (χ2v) is 6.14. The Morgan fingerprint density at radius 3 is 2.33 bits per heavy atom. The SMILES string of the molecule is Cc1c2c(c(S(=O)(=O)O)c3ccccc13)CCC2. The van der Waals surface area contributed by atoms with Crippen LogP contribution < -0.4 is 0 Å². The lowest BCUT2D eigenvalue weighted by molar-refractivity contribution is 0.483. The molecule has 0 atom stereocenters. The maximum Gasteiger partial charge on any atom is 0.295 e. The van der Waals surface area contributed by atoms with Crippen molar-refractivity contribution in [2.24, 2.45) is 0 Å². The third-order valence-electron chi connectivity index (χ3n) is 3.78. The van der Waals surface area contributed by atoms with E-state index in [4.69, 9.17) is 0 Å². The van der Waals surface area contributed by atoms with Crippen LogP contribution in [0.1, 0.15) is 23.1 Å². The van der Waals surface area contributed by atoms with Gasteiger partial charge in [0.05, 0.1) is 0 Å². The van der Waals surface area contributed by atoms with Crippen molar-refractivity contribution in [1.29, 1.82) is 0 Å². The molecule has 0 bridgehead atoms. The fourth-order valence-corrected chi connectivity index (χ4v) is 4.03. The number of benzene rings is 2. The Balaban J connectivity index is 2.58. The molecule has 0 amide bonds. The Hall–Kier alpha value is -1.39. The van der Waals surface area contributed by atoms with Crippen LogP contribution >= 0.6 is 0 Å². The highest BCUT2D eigenvalue weighted by Crippen LogP contribution is 2.37. The molecule has 0 aromatic heterocycles. The third-order valence-corrected chi connectivity index (χ3v) is 4.76. The summed E-state index contributed by atoms with van der Waals surface area (Å²) in [7, 11) is -4.17. The summed E-state index contributed by atoms with van der Waals surface area (Å²) in [5.41, 5.74) is 3.06. The molecule has 94 valence electrons. The van der Waals surface area contributed by atoms with Gasteiger partial charge in [0.2, 0.25) is 0 Å². The van der Waals surface area contributed by atoms with Crippen LogP contribution in [0.2, 0.25) is 0 Å². The molecule has 3 nitrogen and oxygen atoms in total. The van der Waals surface area contributed by atoms with Gasteiger partial charge in [-0.05, 0) is 48.3 Å². The third kappa shape index (κ3) is 1.56. The molecule has 0 heterocycles. The Kier molecular flexibility index (Phi) is 2.47. The minimum atomic E-state index is -4.17. The quantitative estimate of drug-likeness (QED) is 0.804. The zero-order valence-electron chi connectivity index (χ0n) is 10.1. The Labute approximate surface area is 106 Å². The second-order valence-electron chi connectivity index (χ2n) is 4.79. The Morgan fingerprint density at radius 1 is 1.06 bits per heavy atom. The molecule has 0 unspecified atom stereocenters. The van der Waals surface area contributed by atoms with Gasteiger partial charge >= 0.3 is 0 Å². The highest BCUT2D eigenvalue weighted by atomic mass is 32.2. The predicted molar refractivity (Wildman–Crippen MR) is 70.5 cm³/mol. The van der Waals surface area contributed by atoms with Gasteiger partial charge in [0.25, 0.3) is 10.1 Å². The van der Waals surface area contributed by atoms with E-state index in [1.807, 2.05) is 19.1 Å². The van der Waals surface area contributed by atoms with Crippen molar-refractivity contribution in [1.82, 2.24) is 0 Å². The van der Waals surface area contributed by atoms with Gasteiger partial charge in [-0.1, -0.05) is 24.3 Å². The van der Waals surface area contributed by atoms with Crippen LogP contribution in [0.3, 0.4) is 0 Å². The van der Waals surface area contributed by atoms with E-state index in [9.17, 15) is 13.0 Å². The summed E-state index contributed by atoms with van der Waals surface area (Å²) >= 11 is 0. The molecule has 2 aromatic carbocycles. The molecule has 1 N–H and O–H groups in total. The maximum atomic E-state index is 11.7. The van der Waals surface area contributed by atoms with Gasteiger partial charge in [-0.25, -0.2) is 0 Å². The Bertz CT molecular complexity index is 745. The van der Waals surface area contributed by atoms with Crippen molar-refractivity contribution in [3.05, 3.63) is 41.0 Å². The molecule has 3 rings (SSSR count). The molecule has 2 aromatic rings. The van der Waals surface area contributed by atoms with Crippen molar-refractivity contribution in [3.63, 3.8) is 0 Å². The van der Waals surface area contributed by atoms with Gasteiger partial charge in [0, 0.05) is 5.39 Å². The Morgan fingerprint density at radius 2 is 1.67 bits per heavy atom. The van der Waals surface area contributed by atoms with Crippen molar-refractivity contribution >= 4 is 20.9 Å². The smallest absolute Gasteiger partial charge is 0.282 e. The van der Waals surface area contributed by atoms with Crippen LogP contribution in [0.5, 0.6) is 0 Å². The lowest BCUT2D eigenvalue weighted by Crippen LogP contribution is -2.05. The highest BCUT2D eigenvalue weighted by molar-refractivity contribution is 7.86. The van der Waals surface area contributed by atoms with Crippen LogP contribution in [0, 0.1) is 6.92 Å². The molecule has 0 aliphatic heterocycles. The van der Waals surface area contributed by atoms with Crippen LogP contribution in [0.15, 0.2) is 29.2 Å². The summed E-state index contributed by atoms with van der Waals surface area (Å²) < 4.78 is 32.9. The molecule has 18 heavy (non-hydrogen) atoms. The van der Waals surface area contributed by atoms with Crippen molar-refractivity contribution in [3.8, 4) is 0 Å². The average Bonchev–Trinajstić information content (AvgIpc) is 2.76. The monoisotopic (exact) mass is 262 g/mol. The van der Waals surface area contributed by atoms with Gasteiger partial charge in [0.1, 0.15) is 4.90 Å². The topological polar surface area (TPSA) is 54.4 Å². The van der Waals surface area contributed by atoms with E-state index < -0.39 is 10.1 Å². The molecule has 0 spiro atoms. The van der Waals surface area contributed by atoms with Crippen LogP contribution in [0.4, 0.5) is 0 Å². The van der Waals surface area contributed by atoms with E-state index in [1.54, 1.807) is 12.1 Å². The first-order chi connectivity index (χ1) is 8.50. The van der Waals surface area contributed by atoms with Crippen LogP contribution in [0.25, 0.3) is 10.8 Å². The summed E-state index contributed by atoms with van der Waals surface area (Å²) in [5, 5.41) is 1.56. The summed E-state index contributed by atoms with van der Waals surface area (Å²) in [5.74, 6) is 0. The molecule has 0 fully saturated rings. The number of aryl methyl sites for hydroxylation is 1. The van der Waals surface area contributed by atoms with Crippen LogP contribution in [-0.2, 0) is 23.0 Å². The molecule has 0 saturated heterocycles. The fourth-order valence-electron chi connectivity index (χ4n) is 3.04. The van der Waals surface area contributed by atoms with Gasteiger partial charge in [-0.2, -0.15) is 8.42 Å². The molecule has 1 aliphatic rings. The standard InChI is InChI=1S/C14H14O3S/c1-9-10-5-2-3-6-12(10)14(18(15,16)17)13-8-4-7-11(9)13/h2-3,5-6H,4,7-8H2,1H3,(H,15,16,17). The van der Waals surface area contributed by atoms with Gasteiger partial charge in [-0.15, -0.1) is 0 Å². The molecule has 0 saturated carbocycles. The summed E-state index contributed by atoms with van der Waals surface area (Å²) in [6.45, 7) is 2.03. The zero-order chi connectivity index (χ0) is 12.9. The van der Waals surface area contributed by atoms with Crippen molar-refractivity contribution < 1.29 is 13.0 Å². The summed E-state index contributed by atoms with van der Waals surface area (Å²) in [4.78, 5) is 0.121. The number of hydrogen-bond donors (Lipinski definition) is 1. The van der Waals surface area contributed by atoms with Crippen molar-refractivity contribution in [2.45, 2.75) is 31.1 Å². The zero-order valence-corrected chi connectivity index (χ0v) is 10.9. The van der Waals surface area contributed by atoms with E-state index in [1.165, 1.54) is 0 Å².